The van der Waals surface area contributed by atoms with Gasteiger partial charge in [0.2, 0.25) is 0 Å². The average molecular weight is 236 g/mol. The fraction of sp³-hybridized carbons (Fsp3) is 0.500. The SMILES string of the molecule is CCCOc1c(C)cc(C)cc1CCC(=O)O. The van der Waals surface area contributed by atoms with Gasteiger partial charge in [-0.3, -0.25) is 4.79 Å². The Hall–Kier alpha value is -1.51. The minimum absolute atomic E-state index is 0.144. The molecule has 0 atom stereocenters. The maximum Gasteiger partial charge on any atom is 0.303 e. The molecule has 17 heavy (non-hydrogen) atoms. The van der Waals surface area contributed by atoms with Crippen molar-refractivity contribution in [1.29, 1.82) is 0 Å². The highest BCUT2D eigenvalue weighted by Crippen LogP contribution is 2.26. The van der Waals surface area contributed by atoms with Gasteiger partial charge in [0, 0.05) is 6.42 Å². The van der Waals surface area contributed by atoms with E-state index in [-0.39, 0.29) is 6.42 Å². The maximum absolute atomic E-state index is 10.6. The van der Waals surface area contributed by atoms with Crippen LogP contribution in [0.4, 0.5) is 0 Å². The lowest BCUT2D eigenvalue weighted by Crippen LogP contribution is -2.04. The number of carbonyl (C=O) groups is 1. The van der Waals surface area contributed by atoms with Gasteiger partial charge < -0.3 is 9.84 Å². The van der Waals surface area contributed by atoms with Gasteiger partial charge in [0.25, 0.3) is 0 Å². The molecule has 0 fully saturated rings. The molecule has 1 aromatic rings. The summed E-state index contributed by atoms with van der Waals surface area (Å²) in [6, 6.07) is 4.08. The minimum Gasteiger partial charge on any atom is -0.493 e. The Kier molecular flexibility index (Phi) is 5.01. The summed E-state index contributed by atoms with van der Waals surface area (Å²) >= 11 is 0. The molecule has 0 aliphatic rings. The van der Waals surface area contributed by atoms with Crippen molar-refractivity contribution in [3.63, 3.8) is 0 Å². The van der Waals surface area contributed by atoms with E-state index in [2.05, 4.69) is 13.0 Å². The molecule has 0 radical (unpaired) electrons. The first-order valence-electron chi connectivity index (χ1n) is 5.99. The van der Waals surface area contributed by atoms with Crippen LogP contribution in [0.25, 0.3) is 0 Å². The van der Waals surface area contributed by atoms with Gasteiger partial charge in [-0.25, -0.2) is 0 Å². The summed E-state index contributed by atoms with van der Waals surface area (Å²) in [6.45, 7) is 6.74. The summed E-state index contributed by atoms with van der Waals surface area (Å²) in [5, 5.41) is 8.74. The van der Waals surface area contributed by atoms with Crippen molar-refractivity contribution in [2.45, 2.75) is 40.0 Å². The second-order valence-electron chi connectivity index (χ2n) is 4.31. The smallest absolute Gasteiger partial charge is 0.303 e. The number of carboxylic acid groups (broad SMARTS) is 1. The Morgan fingerprint density at radius 1 is 1.35 bits per heavy atom. The normalized spacial score (nSPS) is 10.3. The zero-order valence-corrected chi connectivity index (χ0v) is 10.7. The van der Waals surface area contributed by atoms with Gasteiger partial charge >= 0.3 is 5.97 Å². The Bertz CT molecular complexity index is 397. The van der Waals surface area contributed by atoms with Gasteiger partial charge in [-0.15, -0.1) is 0 Å². The Balaban J connectivity index is 2.93. The van der Waals surface area contributed by atoms with E-state index in [1.165, 1.54) is 0 Å². The Labute approximate surface area is 102 Å². The molecule has 0 saturated carbocycles. The third kappa shape index (κ3) is 4.10. The fourth-order valence-corrected chi connectivity index (χ4v) is 1.88. The van der Waals surface area contributed by atoms with Gasteiger partial charge in [0.15, 0.2) is 0 Å². The number of hydrogen-bond donors (Lipinski definition) is 1. The molecule has 94 valence electrons. The second-order valence-corrected chi connectivity index (χ2v) is 4.31. The lowest BCUT2D eigenvalue weighted by molar-refractivity contribution is -0.136. The fourth-order valence-electron chi connectivity index (χ4n) is 1.88. The summed E-state index contributed by atoms with van der Waals surface area (Å²) in [6.07, 6.45) is 1.62. The van der Waals surface area contributed by atoms with Crippen LogP contribution in [0, 0.1) is 13.8 Å². The zero-order chi connectivity index (χ0) is 12.8. The first kappa shape index (κ1) is 13.6. The zero-order valence-electron chi connectivity index (χ0n) is 10.7. The minimum atomic E-state index is -0.773. The molecule has 3 nitrogen and oxygen atoms in total. The van der Waals surface area contributed by atoms with Crippen LogP contribution in [-0.4, -0.2) is 17.7 Å². The number of aryl methyl sites for hydroxylation is 3. The summed E-state index contributed by atoms with van der Waals surface area (Å²) in [5.41, 5.74) is 3.23. The van der Waals surface area contributed by atoms with Crippen molar-refractivity contribution < 1.29 is 14.6 Å². The van der Waals surface area contributed by atoms with Crippen LogP contribution in [0.1, 0.15) is 36.5 Å². The molecule has 0 aliphatic carbocycles. The molecule has 0 spiro atoms. The predicted octanol–water partition coefficient (Wildman–Crippen LogP) is 3.11. The van der Waals surface area contributed by atoms with E-state index in [1.807, 2.05) is 19.9 Å². The van der Waals surface area contributed by atoms with Crippen molar-refractivity contribution in [3.8, 4) is 5.75 Å². The number of ether oxygens (including phenoxy) is 1. The number of hydrogen-bond acceptors (Lipinski definition) is 2. The molecule has 0 amide bonds. The topological polar surface area (TPSA) is 46.5 Å². The van der Waals surface area contributed by atoms with Crippen molar-refractivity contribution in [2.75, 3.05) is 6.61 Å². The molecule has 1 aromatic carbocycles. The summed E-state index contributed by atoms with van der Waals surface area (Å²) < 4.78 is 5.71. The average Bonchev–Trinajstić information content (AvgIpc) is 2.24. The third-order valence-electron chi connectivity index (χ3n) is 2.55. The number of carboxylic acids is 1. The van der Waals surface area contributed by atoms with E-state index in [0.29, 0.717) is 13.0 Å². The van der Waals surface area contributed by atoms with E-state index >= 15 is 0 Å². The van der Waals surface area contributed by atoms with Gasteiger partial charge in [-0.05, 0) is 37.8 Å². The van der Waals surface area contributed by atoms with Crippen LogP contribution in [-0.2, 0) is 11.2 Å². The monoisotopic (exact) mass is 236 g/mol. The molecule has 1 N–H and O–H groups in total. The molecule has 0 bridgehead atoms. The number of benzene rings is 1. The van der Waals surface area contributed by atoms with Crippen molar-refractivity contribution >= 4 is 5.97 Å². The van der Waals surface area contributed by atoms with Crippen LogP contribution < -0.4 is 4.74 Å². The first-order chi connectivity index (χ1) is 8.04. The molecule has 0 unspecified atom stereocenters. The lowest BCUT2D eigenvalue weighted by atomic mass is 10.0. The Morgan fingerprint density at radius 3 is 2.65 bits per heavy atom. The third-order valence-corrected chi connectivity index (χ3v) is 2.55. The van der Waals surface area contributed by atoms with E-state index < -0.39 is 5.97 Å². The molecule has 0 aliphatic heterocycles. The van der Waals surface area contributed by atoms with Crippen molar-refractivity contribution in [2.24, 2.45) is 0 Å². The van der Waals surface area contributed by atoms with Gasteiger partial charge in [0.05, 0.1) is 6.61 Å². The van der Waals surface area contributed by atoms with Crippen molar-refractivity contribution in [1.82, 2.24) is 0 Å². The van der Waals surface area contributed by atoms with E-state index in [9.17, 15) is 4.79 Å². The quantitative estimate of drug-likeness (QED) is 0.825. The maximum atomic E-state index is 10.6. The van der Waals surface area contributed by atoms with Crippen LogP contribution in [0.15, 0.2) is 12.1 Å². The standard InChI is InChI=1S/C14H20O3/c1-4-7-17-14-11(3)8-10(2)9-12(14)5-6-13(15)16/h8-9H,4-7H2,1-3H3,(H,15,16). The second kappa shape index (κ2) is 6.28. The predicted molar refractivity (Wildman–Crippen MR) is 67.7 cm³/mol. The molecule has 3 heteroatoms. The van der Waals surface area contributed by atoms with E-state index in [1.54, 1.807) is 0 Å². The number of aliphatic carboxylic acids is 1. The van der Waals surface area contributed by atoms with Crippen LogP contribution in [0.2, 0.25) is 0 Å². The highest BCUT2D eigenvalue weighted by Gasteiger charge is 2.10. The van der Waals surface area contributed by atoms with E-state index in [4.69, 9.17) is 9.84 Å². The molecule has 0 saturated heterocycles. The molecular weight excluding hydrogens is 216 g/mol. The highest BCUT2D eigenvalue weighted by atomic mass is 16.5. The van der Waals surface area contributed by atoms with E-state index in [0.717, 1.165) is 28.9 Å². The highest BCUT2D eigenvalue weighted by molar-refractivity contribution is 5.67. The summed E-state index contributed by atoms with van der Waals surface area (Å²) in [4.78, 5) is 10.6. The van der Waals surface area contributed by atoms with Crippen LogP contribution >= 0.6 is 0 Å². The first-order valence-corrected chi connectivity index (χ1v) is 5.99. The lowest BCUT2D eigenvalue weighted by Gasteiger charge is -2.14. The van der Waals surface area contributed by atoms with Crippen LogP contribution in [0.3, 0.4) is 0 Å². The van der Waals surface area contributed by atoms with Gasteiger partial charge in [-0.2, -0.15) is 0 Å². The summed E-state index contributed by atoms with van der Waals surface area (Å²) in [7, 11) is 0. The molecule has 0 heterocycles. The molecular formula is C14H20O3. The van der Waals surface area contributed by atoms with Crippen LogP contribution in [0.5, 0.6) is 5.75 Å². The number of rotatable bonds is 6. The Morgan fingerprint density at radius 2 is 2.06 bits per heavy atom. The largest absolute Gasteiger partial charge is 0.493 e. The summed E-state index contributed by atoms with van der Waals surface area (Å²) in [5.74, 6) is 0.0873. The van der Waals surface area contributed by atoms with Crippen molar-refractivity contribution in [3.05, 3.63) is 28.8 Å². The molecule has 0 aromatic heterocycles. The van der Waals surface area contributed by atoms with Gasteiger partial charge in [0.1, 0.15) is 5.75 Å². The molecule has 1 rings (SSSR count). The van der Waals surface area contributed by atoms with Gasteiger partial charge in [-0.1, -0.05) is 24.6 Å².